The van der Waals surface area contributed by atoms with Crippen molar-refractivity contribution in [1.29, 1.82) is 0 Å². The molecule has 2 nitrogen and oxygen atoms in total. The standard InChI is InChI=1S/C6H12N2.ClH/c1-6(2)5-7-3-4-8-6;/h5,8H,3-4H2,1-2H3;1H. The van der Waals surface area contributed by atoms with Crippen molar-refractivity contribution < 1.29 is 17.4 Å². The fraction of sp³-hybridized carbons (Fsp3) is 0.833. The van der Waals surface area contributed by atoms with Crippen LogP contribution in [0.5, 0.6) is 0 Å². The highest BCUT2D eigenvalue weighted by molar-refractivity contribution is 5.63. The Balaban J connectivity index is 0.000000640. The van der Waals surface area contributed by atoms with E-state index in [1.807, 2.05) is 0 Å². The van der Waals surface area contributed by atoms with Gasteiger partial charge in [-0.15, -0.1) is 0 Å². The van der Waals surface area contributed by atoms with Crippen LogP contribution in [0.15, 0.2) is 0 Å². The molecule has 0 fully saturated rings. The molecule has 2 N–H and O–H groups in total. The second-order valence-electron chi connectivity index (χ2n) is 2.75. The Morgan fingerprint density at radius 1 is 1.56 bits per heavy atom. The molecular formula is C6H13ClN2. The van der Waals surface area contributed by atoms with Crippen LogP contribution in [0.3, 0.4) is 0 Å². The van der Waals surface area contributed by atoms with Gasteiger partial charge < -0.3 is 12.4 Å². The lowest BCUT2D eigenvalue weighted by molar-refractivity contribution is -0.458. The predicted octanol–water partition coefficient (Wildman–Crippen LogP) is -4.48. The van der Waals surface area contributed by atoms with Crippen LogP contribution in [-0.2, 0) is 0 Å². The molecule has 1 heterocycles. The summed E-state index contributed by atoms with van der Waals surface area (Å²) in [7, 11) is 0. The van der Waals surface area contributed by atoms with Crippen LogP contribution < -0.4 is 22.7 Å². The summed E-state index contributed by atoms with van der Waals surface area (Å²) in [5.74, 6) is 0. The summed E-state index contributed by atoms with van der Waals surface area (Å²) in [4.78, 5) is 3.19. The van der Waals surface area contributed by atoms with Gasteiger partial charge in [-0.3, -0.25) is 5.32 Å². The van der Waals surface area contributed by atoms with Gasteiger partial charge in [-0.25, -0.2) is 4.99 Å². The van der Waals surface area contributed by atoms with Crippen LogP contribution in [0, 0.1) is 0 Å². The smallest absolute Gasteiger partial charge is 0.157 e. The summed E-state index contributed by atoms with van der Waals surface area (Å²) in [6.45, 7) is 6.44. The molecule has 0 unspecified atom stereocenters. The SMILES string of the molecule is CC1(C)C=[NH+]CCN1.[Cl-]. The third-order valence-electron chi connectivity index (χ3n) is 1.31. The van der Waals surface area contributed by atoms with E-state index >= 15 is 0 Å². The topological polar surface area (TPSA) is 26.0 Å². The molecule has 0 amide bonds. The first-order valence-electron chi connectivity index (χ1n) is 3.03. The minimum absolute atomic E-state index is 0. The lowest BCUT2D eigenvalue weighted by Gasteiger charge is -2.19. The van der Waals surface area contributed by atoms with Crippen molar-refractivity contribution >= 4 is 6.21 Å². The van der Waals surface area contributed by atoms with E-state index in [-0.39, 0.29) is 17.9 Å². The molecule has 0 aromatic heterocycles. The van der Waals surface area contributed by atoms with Crippen molar-refractivity contribution in [3.05, 3.63) is 0 Å². The molecule has 0 atom stereocenters. The second-order valence-corrected chi connectivity index (χ2v) is 2.75. The number of rotatable bonds is 0. The Bertz CT molecular complexity index is 110. The minimum atomic E-state index is 0. The van der Waals surface area contributed by atoms with E-state index in [0.717, 1.165) is 13.1 Å². The van der Waals surface area contributed by atoms with E-state index in [0.29, 0.717) is 0 Å². The van der Waals surface area contributed by atoms with Gasteiger partial charge in [0.1, 0.15) is 0 Å². The third kappa shape index (κ3) is 2.82. The fourth-order valence-corrected chi connectivity index (χ4v) is 0.835. The maximum Gasteiger partial charge on any atom is 0.157 e. The van der Waals surface area contributed by atoms with Crippen molar-refractivity contribution in [2.75, 3.05) is 13.1 Å². The zero-order chi connectivity index (χ0) is 6.04. The maximum absolute atomic E-state index is 3.34. The zero-order valence-electron chi connectivity index (χ0n) is 5.87. The van der Waals surface area contributed by atoms with Crippen LogP contribution in [0.2, 0.25) is 0 Å². The Labute approximate surface area is 62.2 Å². The van der Waals surface area contributed by atoms with E-state index in [4.69, 9.17) is 0 Å². The molecular weight excluding hydrogens is 136 g/mol. The van der Waals surface area contributed by atoms with Gasteiger partial charge in [0.05, 0.1) is 12.1 Å². The molecule has 0 radical (unpaired) electrons. The third-order valence-corrected chi connectivity index (χ3v) is 1.31. The van der Waals surface area contributed by atoms with Gasteiger partial charge in [-0.1, -0.05) is 0 Å². The number of halogens is 1. The summed E-state index contributed by atoms with van der Waals surface area (Å²) >= 11 is 0. The molecule has 54 valence electrons. The average Bonchev–Trinajstić information content (AvgIpc) is 1.65. The monoisotopic (exact) mass is 148 g/mol. The zero-order valence-corrected chi connectivity index (χ0v) is 6.63. The lowest BCUT2D eigenvalue weighted by atomic mass is 10.1. The number of hydrogen-bond acceptors (Lipinski definition) is 1. The van der Waals surface area contributed by atoms with Gasteiger partial charge >= 0.3 is 0 Å². The van der Waals surface area contributed by atoms with Crippen molar-refractivity contribution in [1.82, 2.24) is 5.32 Å². The fourth-order valence-electron chi connectivity index (χ4n) is 0.835. The first kappa shape index (κ1) is 8.92. The van der Waals surface area contributed by atoms with E-state index in [9.17, 15) is 0 Å². The molecule has 1 aliphatic rings. The van der Waals surface area contributed by atoms with E-state index in [2.05, 4.69) is 30.4 Å². The highest BCUT2D eigenvalue weighted by atomic mass is 35.5. The summed E-state index contributed by atoms with van der Waals surface area (Å²) in [5, 5.41) is 3.34. The van der Waals surface area contributed by atoms with Crippen molar-refractivity contribution in [2.45, 2.75) is 19.4 Å². The second kappa shape index (κ2) is 3.18. The normalized spacial score (nSPS) is 22.9. The maximum atomic E-state index is 3.34. The van der Waals surface area contributed by atoms with E-state index in [1.165, 1.54) is 0 Å². The molecule has 0 aromatic rings. The van der Waals surface area contributed by atoms with Crippen molar-refractivity contribution in [3.63, 3.8) is 0 Å². The molecule has 0 saturated heterocycles. The minimum Gasteiger partial charge on any atom is -1.00 e. The molecule has 0 bridgehead atoms. The first-order valence-corrected chi connectivity index (χ1v) is 3.03. The molecule has 1 aliphatic heterocycles. The largest absolute Gasteiger partial charge is 1.00 e. The summed E-state index contributed by atoms with van der Waals surface area (Å²) in [6.07, 6.45) is 2.09. The molecule has 0 saturated carbocycles. The Hall–Kier alpha value is -0.0800. The van der Waals surface area contributed by atoms with Gasteiger partial charge in [-0.05, 0) is 13.8 Å². The van der Waals surface area contributed by atoms with Crippen molar-refractivity contribution in [2.24, 2.45) is 0 Å². The van der Waals surface area contributed by atoms with Crippen LogP contribution in [0.25, 0.3) is 0 Å². The van der Waals surface area contributed by atoms with Crippen molar-refractivity contribution in [3.8, 4) is 0 Å². The van der Waals surface area contributed by atoms with Gasteiger partial charge in [-0.2, -0.15) is 0 Å². The molecule has 0 spiro atoms. The van der Waals surface area contributed by atoms with E-state index < -0.39 is 0 Å². The average molecular weight is 149 g/mol. The Morgan fingerprint density at radius 3 is 2.44 bits per heavy atom. The first-order chi connectivity index (χ1) is 3.71. The molecule has 0 aromatic carbocycles. The molecule has 9 heavy (non-hydrogen) atoms. The Morgan fingerprint density at radius 2 is 2.22 bits per heavy atom. The molecule has 1 rings (SSSR count). The molecule has 0 aliphatic carbocycles. The predicted molar refractivity (Wildman–Crippen MR) is 34.0 cm³/mol. The van der Waals surface area contributed by atoms with Gasteiger partial charge in [0.2, 0.25) is 0 Å². The summed E-state index contributed by atoms with van der Waals surface area (Å²) in [5.41, 5.74) is 0.193. The summed E-state index contributed by atoms with van der Waals surface area (Å²) in [6, 6.07) is 0. The number of hydrogen-bond donors (Lipinski definition) is 2. The van der Waals surface area contributed by atoms with Gasteiger partial charge in [0.25, 0.3) is 0 Å². The van der Waals surface area contributed by atoms with Crippen LogP contribution in [0.4, 0.5) is 0 Å². The van der Waals surface area contributed by atoms with Crippen LogP contribution in [0.1, 0.15) is 13.8 Å². The van der Waals surface area contributed by atoms with Crippen LogP contribution in [-0.4, -0.2) is 24.8 Å². The van der Waals surface area contributed by atoms with E-state index in [1.54, 1.807) is 0 Å². The summed E-state index contributed by atoms with van der Waals surface area (Å²) < 4.78 is 0. The highest BCUT2D eigenvalue weighted by Gasteiger charge is 2.19. The quantitative estimate of drug-likeness (QED) is 0.356. The lowest BCUT2D eigenvalue weighted by Crippen LogP contribution is -3.00. The highest BCUT2D eigenvalue weighted by Crippen LogP contribution is 1.93. The van der Waals surface area contributed by atoms with Gasteiger partial charge in [0, 0.05) is 0 Å². The Kier molecular flexibility index (Phi) is 3.15. The van der Waals surface area contributed by atoms with Gasteiger partial charge in [0.15, 0.2) is 12.8 Å². The van der Waals surface area contributed by atoms with Crippen LogP contribution >= 0.6 is 0 Å². The number of nitrogens with one attached hydrogen (secondary N) is 2. The molecule has 3 heteroatoms.